The van der Waals surface area contributed by atoms with E-state index in [1.165, 1.54) is 10.9 Å². The van der Waals surface area contributed by atoms with Crippen molar-refractivity contribution in [3.63, 3.8) is 0 Å². The van der Waals surface area contributed by atoms with Crippen molar-refractivity contribution in [3.05, 3.63) is 12.4 Å². The molecule has 2 rings (SSSR count). The van der Waals surface area contributed by atoms with Crippen LogP contribution < -0.4 is 16.4 Å². The summed E-state index contributed by atoms with van der Waals surface area (Å²) in [5, 5.41) is 9.48. The molecule has 1 atom stereocenters. The van der Waals surface area contributed by atoms with Gasteiger partial charge in [0, 0.05) is 19.3 Å². The van der Waals surface area contributed by atoms with Crippen molar-refractivity contribution in [3.8, 4) is 0 Å². The van der Waals surface area contributed by atoms with Gasteiger partial charge in [-0.3, -0.25) is 9.48 Å². The number of hydrogen-bond acceptors (Lipinski definition) is 4. The third-order valence-corrected chi connectivity index (χ3v) is 3.58. The van der Waals surface area contributed by atoms with Gasteiger partial charge in [-0.1, -0.05) is 6.92 Å². The largest absolute Gasteiger partial charge is 0.368 e. The highest BCUT2D eigenvalue weighted by molar-refractivity contribution is 5.88. The molecule has 0 aromatic carbocycles. The SMILES string of the molecule is CCN1CC[C@H](CNC(=O)Nc2cnn(CC(N)=O)c2)C1. The first-order valence-corrected chi connectivity index (χ1v) is 7.14. The fourth-order valence-corrected chi connectivity index (χ4v) is 2.45. The minimum Gasteiger partial charge on any atom is -0.368 e. The number of nitrogens with zero attached hydrogens (tertiary/aromatic N) is 3. The van der Waals surface area contributed by atoms with Crippen LogP contribution >= 0.6 is 0 Å². The molecular weight excluding hydrogens is 272 g/mol. The Morgan fingerprint density at radius 3 is 3.00 bits per heavy atom. The van der Waals surface area contributed by atoms with E-state index in [1.54, 1.807) is 6.20 Å². The molecule has 116 valence electrons. The summed E-state index contributed by atoms with van der Waals surface area (Å²) in [5.41, 5.74) is 5.61. The van der Waals surface area contributed by atoms with Crippen LogP contribution in [-0.4, -0.2) is 52.8 Å². The van der Waals surface area contributed by atoms with Crippen LogP contribution in [-0.2, 0) is 11.3 Å². The Hall–Kier alpha value is -2.09. The molecule has 8 nitrogen and oxygen atoms in total. The Labute approximate surface area is 123 Å². The number of amides is 3. The van der Waals surface area contributed by atoms with Gasteiger partial charge in [-0.15, -0.1) is 0 Å². The lowest BCUT2D eigenvalue weighted by atomic mass is 10.1. The van der Waals surface area contributed by atoms with E-state index in [0.717, 1.165) is 26.1 Å². The minimum atomic E-state index is -0.476. The lowest BCUT2D eigenvalue weighted by Gasteiger charge is -2.13. The van der Waals surface area contributed by atoms with E-state index in [4.69, 9.17) is 5.73 Å². The molecule has 1 aromatic rings. The van der Waals surface area contributed by atoms with E-state index in [1.807, 2.05) is 0 Å². The Kier molecular flexibility index (Phi) is 5.15. The maximum atomic E-state index is 11.8. The Morgan fingerprint density at radius 2 is 2.33 bits per heavy atom. The molecule has 0 saturated carbocycles. The second-order valence-corrected chi connectivity index (χ2v) is 5.28. The summed E-state index contributed by atoms with van der Waals surface area (Å²) < 4.78 is 1.38. The highest BCUT2D eigenvalue weighted by atomic mass is 16.2. The normalized spacial score (nSPS) is 18.6. The molecule has 1 aliphatic rings. The van der Waals surface area contributed by atoms with Crippen molar-refractivity contribution in [2.45, 2.75) is 19.9 Å². The Balaban J connectivity index is 1.72. The van der Waals surface area contributed by atoms with Gasteiger partial charge in [0.2, 0.25) is 5.91 Å². The summed E-state index contributed by atoms with van der Waals surface area (Å²) in [4.78, 5) is 24.9. The zero-order valence-corrected chi connectivity index (χ0v) is 12.2. The third kappa shape index (κ3) is 4.75. The summed E-state index contributed by atoms with van der Waals surface area (Å²) in [6.45, 7) is 6.00. The number of aromatic nitrogens is 2. The van der Waals surface area contributed by atoms with Crippen molar-refractivity contribution in [1.82, 2.24) is 20.0 Å². The van der Waals surface area contributed by atoms with E-state index < -0.39 is 5.91 Å². The molecule has 8 heteroatoms. The summed E-state index contributed by atoms with van der Waals surface area (Å²) in [6.07, 6.45) is 4.17. The first-order valence-electron chi connectivity index (χ1n) is 7.14. The van der Waals surface area contributed by atoms with Crippen molar-refractivity contribution >= 4 is 17.6 Å². The summed E-state index contributed by atoms with van der Waals surface area (Å²) in [7, 11) is 0. The molecule has 0 spiro atoms. The lowest BCUT2D eigenvalue weighted by molar-refractivity contribution is -0.118. The maximum absolute atomic E-state index is 11.8. The van der Waals surface area contributed by atoms with Gasteiger partial charge < -0.3 is 21.3 Å². The van der Waals surface area contributed by atoms with Gasteiger partial charge in [0.1, 0.15) is 6.54 Å². The predicted octanol–water partition coefficient (Wildman–Crippen LogP) is -0.168. The number of hydrogen-bond donors (Lipinski definition) is 3. The van der Waals surface area contributed by atoms with E-state index in [2.05, 4.69) is 27.6 Å². The third-order valence-electron chi connectivity index (χ3n) is 3.58. The molecule has 3 amide bonds. The van der Waals surface area contributed by atoms with Gasteiger partial charge in [-0.2, -0.15) is 5.10 Å². The topological polar surface area (TPSA) is 105 Å². The molecule has 2 heterocycles. The summed E-state index contributed by atoms with van der Waals surface area (Å²) >= 11 is 0. The second-order valence-electron chi connectivity index (χ2n) is 5.28. The van der Waals surface area contributed by atoms with Gasteiger partial charge in [-0.05, 0) is 25.4 Å². The van der Waals surface area contributed by atoms with E-state index in [9.17, 15) is 9.59 Å². The van der Waals surface area contributed by atoms with Crippen LogP contribution in [0.2, 0.25) is 0 Å². The first kappa shape index (κ1) is 15.3. The molecule has 4 N–H and O–H groups in total. The molecule has 0 bridgehead atoms. The number of likely N-dealkylation sites (tertiary alicyclic amines) is 1. The number of nitrogens with two attached hydrogens (primary N) is 1. The van der Waals surface area contributed by atoms with Crippen LogP contribution in [0.1, 0.15) is 13.3 Å². The van der Waals surface area contributed by atoms with Crippen LogP contribution in [0.15, 0.2) is 12.4 Å². The number of primary amides is 1. The predicted molar refractivity (Wildman–Crippen MR) is 78.7 cm³/mol. The molecule has 0 unspecified atom stereocenters. The highest BCUT2D eigenvalue weighted by Gasteiger charge is 2.21. The van der Waals surface area contributed by atoms with E-state index in [-0.39, 0.29) is 12.6 Å². The highest BCUT2D eigenvalue weighted by Crippen LogP contribution is 2.14. The van der Waals surface area contributed by atoms with Crippen molar-refractivity contribution in [2.24, 2.45) is 11.7 Å². The monoisotopic (exact) mass is 294 g/mol. The molecule has 0 aliphatic carbocycles. The molecule has 1 saturated heterocycles. The average molecular weight is 294 g/mol. The van der Waals surface area contributed by atoms with Crippen LogP contribution in [0, 0.1) is 5.92 Å². The maximum Gasteiger partial charge on any atom is 0.319 e. The van der Waals surface area contributed by atoms with E-state index >= 15 is 0 Å². The number of carbonyl (C=O) groups is 2. The molecule has 1 aliphatic heterocycles. The van der Waals surface area contributed by atoms with Crippen molar-refractivity contribution in [1.29, 1.82) is 0 Å². The van der Waals surface area contributed by atoms with Crippen LogP contribution in [0.25, 0.3) is 0 Å². The quantitative estimate of drug-likeness (QED) is 0.677. The fourth-order valence-electron chi connectivity index (χ4n) is 2.45. The Morgan fingerprint density at radius 1 is 1.52 bits per heavy atom. The summed E-state index contributed by atoms with van der Waals surface area (Å²) in [5.74, 6) is 0.0316. The Bertz CT molecular complexity index is 501. The van der Waals surface area contributed by atoms with Gasteiger partial charge in [0.05, 0.1) is 11.9 Å². The molecular formula is C13H22N6O2. The smallest absolute Gasteiger partial charge is 0.319 e. The fraction of sp³-hybridized carbons (Fsp3) is 0.615. The average Bonchev–Trinajstić information content (AvgIpc) is 3.05. The number of carbonyl (C=O) groups excluding carboxylic acids is 2. The van der Waals surface area contributed by atoms with Gasteiger partial charge >= 0.3 is 6.03 Å². The number of urea groups is 1. The van der Waals surface area contributed by atoms with Crippen LogP contribution in [0.4, 0.5) is 10.5 Å². The lowest BCUT2D eigenvalue weighted by Crippen LogP contribution is -2.34. The van der Waals surface area contributed by atoms with Gasteiger partial charge in [-0.25, -0.2) is 4.79 Å². The number of rotatable bonds is 6. The van der Waals surface area contributed by atoms with Gasteiger partial charge in [0.25, 0.3) is 0 Å². The van der Waals surface area contributed by atoms with Crippen LogP contribution in [0.3, 0.4) is 0 Å². The second kappa shape index (κ2) is 7.07. The molecule has 1 fully saturated rings. The zero-order valence-electron chi connectivity index (χ0n) is 12.2. The number of anilines is 1. The molecule has 21 heavy (non-hydrogen) atoms. The van der Waals surface area contributed by atoms with Crippen molar-refractivity contribution < 1.29 is 9.59 Å². The van der Waals surface area contributed by atoms with E-state index in [0.29, 0.717) is 18.2 Å². The summed E-state index contributed by atoms with van der Waals surface area (Å²) in [6, 6.07) is -0.261. The van der Waals surface area contributed by atoms with Crippen molar-refractivity contribution in [2.75, 3.05) is 31.5 Å². The molecule has 0 radical (unpaired) electrons. The zero-order chi connectivity index (χ0) is 15.2. The standard InChI is InChI=1S/C13H22N6O2/c1-2-18-4-3-10(7-18)5-15-13(21)17-11-6-16-19(8-11)9-12(14)20/h6,8,10H,2-5,7,9H2,1H3,(H2,14,20)(H2,15,17,21)/t10-/m1/s1. The van der Waals surface area contributed by atoms with Crippen LogP contribution in [0.5, 0.6) is 0 Å². The molecule has 1 aromatic heterocycles. The van der Waals surface area contributed by atoms with Gasteiger partial charge in [0.15, 0.2) is 0 Å². The minimum absolute atomic E-state index is 0.00176. The number of nitrogens with one attached hydrogen (secondary N) is 2. The first-order chi connectivity index (χ1) is 10.1.